The van der Waals surface area contributed by atoms with Crippen LogP contribution in [0.2, 0.25) is 5.02 Å². The van der Waals surface area contributed by atoms with E-state index in [1.807, 2.05) is 0 Å². The lowest BCUT2D eigenvalue weighted by Crippen LogP contribution is -2.24. The third-order valence-electron chi connectivity index (χ3n) is 3.72. The lowest BCUT2D eigenvalue weighted by atomic mass is 9.99. The van der Waals surface area contributed by atoms with Gasteiger partial charge in [-0.3, -0.25) is 0 Å². The molecule has 0 spiro atoms. The van der Waals surface area contributed by atoms with E-state index in [4.69, 9.17) is 16.3 Å². The molecule has 0 saturated carbocycles. The fourth-order valence-electron chi connectivity index (χ4n) is 2.48. The molecule has 0 saturated heterocycles. The molecule has 4 heteroatoms. The maximum atomic E-state index is 13.3. The molecular weight excluding hydrogens is 289 g/mol. The number of rotatable bonds is 2. The Morgan fingerprint density at radius 3 is 2.62 bits per heavy atom. The molecular formula is C17H17ClFNO. The van der Waals surface area contributed by atoms with Crippen LogP contribution in [0.3, 0.4) is 0 Å². The summed E-state index contributed by atoms with van der Waals surface area (Å²) in [5.74, 6) is 0.652. The van der Waals surface area contributed by atoms with Gasteiger partial charge in [-0.05, 0) is 23.1 Å². The van der Waals surface area contributed by atoms with Crippen molar-refractivity contribution >= 4 is 17.3 Å². The molecule has 2 aromatic carbocycles. The molecule has 0 amide bonds. The molecule has 1 heterocycles. The molecule has 3 rings (SSSR count). The van der Waals surface area contributed by atoms with Gasteiger partial charge in [-0.25, -0.2) is 4.39 Å². The Bertz CT molecular complexity index is 655. The summed E-state index contributed by atoms with van der Waals surface area (Å²) in [6, 6.07) is 11.1. The molecule has 21 heavy (non-hydrogen) atoms. The van der Waals surface area contributed by atoms with E-state index < -0.39 is 0 Å². The molecule has 0 bridgehead atoms. The Balaban J connectivity index is 1.86. The van der Waals surface area contributed by atoms with Crippen LogP contribution in [0.5, 0.6) is 5.75 Å². The van der Waals surface area contributed by atoms with Crippen LogP contribution in [0.25, 0.3) is 0 Å². The number of halogens is 2. The number of benzene rings is 2. The smallest absolute Gasteiger partial charge is 0.162 e. The molecule has 1 aliphatic heterocycles. The van der Waals surface area contributed by atoms with Gasteiger partial charge in [0.15, 0.2) is 5.75 Å². The zero-order valence-corrected chi connectivity index (χ0v) is 12.7. The molecule has 0 aromatic heterocycles. The fourth-order valence-corrected chi connectivity index (χ4v) is 2.73. The Hall–Kier alpha value is -1.74. The maximum absolute atomic E-state index is 13.3. The Morgan fingerprint density at radius 2 is 1.95 bits per heavy atom. The average molecular weight is 306 g/mol. The van der Waals surface area contributed by atoms with E-state index in [1.165, 1.54) is 17.7 Å². The van der Waals surface area contributed by atoms with Gasteiger partial charge in [0.2, 0.25) is 0 Å². The summed E-state index contributed by atoms with van der Waals surface area (Å²) >= 11 is 6.06. The van der Waals surface area contributed by atoms with Crippen LogP contribution in [0.1, 0.15) is 37.0 Å². The molecule has 0 radical (unpaired) electrons. The number of ether oxygens (including phenoxy) is 1. The molecule has 1 atom stereocenters. The predicted molar refractivity (Wildman–Crippen MR) is 83.8 cm³/mol. The zero-order chi connectivity index (χ0) is 15.0. The molecule has 0 fully saturated rings. The number of hydrogen-bond donors (Lipinski definition) is 1. The third-order valence-corrected chi connectivity index (χ3v) is 4.00. The second-order valence-electron chi connectivity index (χ2n) is 5.57. The minimum absolute atomic E-state index is 0.123. The molecule has 1 aliphatic rings. The summed E-state index contributed by atoms with van der Waals surface area (Å²) < 4.78 is 19.3. The molecule has 110 valence electrons. The summed E-state index contributed by atoms with van der Waals surface area (Å²) in [5, 5.41) is 3.47. The van der Waals surface area contributed by atoms with Crippen molar-refractivity contribution in [3.05, 3.63) is 58.4 Å². The normalized spacial score (nSPS) is 17.1. The number of nitrogens with one attached hydrogen (secondary N) is 1. The Kier molecular flexibility index (Phi) is 3.77. The van der Waals surface area contributed by atoms with Crippen molar-refractivity contribution < 1.29 is 9.13 Å². The van der Waals surface area contributed by atoms with Crippen molar-refractivity contribution in [3.63, 3.8) is 0 Å². The van der Waals surface area contributed by atoms with E-state index in [9.17, 15) is 4.39 Å². The van der Waals surface area contributed by atoms with Crippen LogP contribution < -0.4 is 10.1 Å². The maximum Gasteiger partial charge on any atom is 0.162 e. The van der Waals surface area contributed by atoms with Gasteiger partial charge in [0, 0.05) is 6.07 Å². The molecule has 2 aromatic rings. The number of hydrogen-bond acceptors (Lipinski definition) is 2. The van der Waals surface area contributed by atoms with Gasteiger partial charge < -0.3 is 10.1 Å². The first-order chi connectivity index (χ1) is 10.0. The van der Waals surface area contributed by atoms with Gasteiger partial charge in [-0.1, -0.05) is 49.7 Å². The summed E-state index contributed by atoms with van der Waals surface area (Å²) in [7, 11) is 0. The topological polar surface area (TPSA) is 21.3 Å². The minimum atomic E-state index is -0.366. The molecule has 0 aliphatic carbocycles. The summed E-state index contributed by atoms with van der Waals surface area (Å²) in [4.78, 5) is 0. The first kappa shape index (κ1) is 14.2. The van der Waals surface area contributed by atoms with Crippen LogP contribution in [0.4, 0.5) is 10.1 Å². The minimum Gasteiger partial charge on any atom is -0.480 e. The average Bonchev–Trinajstić information content (AvgIpc) is 2.47. The lowest BCUT2D eigenvalue weighted by Gasteiger charge is -2.28. The molecule has 1 unspecified atom stereocenters. The number of fused-ring (bicyclic) bond motifs is 1. The number of anilines is 1. The van der Waals surface area contributed by atoms with Crippen molar-refractivity contribution in [2.45, 2.75) is 25.9 Å². The van der Waals surface area contributed by atoms with Gasteiger partial charge in [-0.15, -0.1) is 0 Å². The highest BCUT2D eigenvalue weighted by molar-refractivity contribution is 6.32. The quantitative estimate of drug-likeness (QED) is 0.828. The highest BCUT2D eigenvalue weighted by atomic mass is 35.5. The predicted octanol–water partition coefficient (Wildman–Crippen LogP) is 5.15. The van der Waals surface area contributed by atoms with Crippen molar-refractivity contribution in [1.82, 2.24) is 0 Å². The summed E-state index contributed by atoms with van der Waals surface area (Å²) in [6.45, 7) is 4.92. The van der Waals surface area contributed by atoms with Gasteiger partial charge in [0.05, 0.1) is 17.3 Å². The van der Waals surface area contributed by atoms with E-state index in [1.54, 1.807) is 0 Å². The van der Waals surface area contributed by atoms with Crippen molar-refractivity contribution in [2.24, 2.45) is 0 Å². The van der Waals surface area contributed by atoms with Gasteiger partial charge in [0.1, 0.15) is 11.9 Å². The zero-order valence-electron chi connectivity index (χ0n) is 12.0. The van der Waals surface area contributed by atoms with Crippen molar-refractivity contribution in [2.75, 3.05) is 11.9 Å². The van der Waals surface area contributed by atoms with Crippen molar-refractivity contribution in [3.8, 4) is 5.75 Å². The van der Waals surface area contributed by atoms with E-state index in [0.717, 1.165) is 5.56 Å². The first-order valence-corrected chi connectivity index (χ1v) is 7.42. The Labute approximate surface area is 128 Å². The fraction of sp³-hybridized carbons (Fsp3) is 0.294. The largest absolute Gasteiger partial charge is 0.480 e. The monoisotopic (exact) mass is 305 g/mol. The van der Waals surface area contributed by atoms with Gasteiger partial charge >= 0.3 is 0 Å². The van der Waals surface area contributed by atoms with E-state index in [2.05, 4.69) is 43.4 Å². The second kappa shape index (κ2) is 5.57. The highest BCUT2D eigenvalue weighted by Gasteiger charge is 2.23. The molecule has 1 N–H and O–H groups in total. The SMILES string of the molecule is CC(C)c1ccc(C2CNc3cc(F)cc(Cl)c3O2)cc1. The Morgan fingerprint density at radius 1 is 1.24 bits per heavy atom. The van der Waals surface area contributed by atoms with Crippen LogP contribution in [-0.2, 0) is 0 Å². The van der Waals surface area contributed by atoms with Gasteiger partial charge in [0.25, 0.3) is 0 Å². The standard InChI is InChI=1S/C17H17ClFNO/c1-10(2)11-3-5-12(6-4-11)16-9-20-15-8-13(19)7-14(18)17(15)21-16/h3-8,10,16,20H,9H2,1-2H3. The third kappa shape index (κ3) is 2.84. The van der Waals surface area contributed by atoms with Crippen LogP contribution in [0, 0.1) is 5.82 Å². The van der Waals surface area contributed by atoms with Crippen LogP contribution >= 0.6 is 11.6 Å². The summed E-state index contributed by atoms with van der Waals surface area (Å²) in [5.41, 5.74) is 2.98. The lowest BCUT2D eigenvalue weighted by molar-refractivity contribution is 0.210. The van der Waals surface area contributed by atoms with Crippen LogP contribution in [0.15, 0.2) is 36.4 Å². The highest BCUT2D eigenvalue weighted by Crippen LogP contribution is 2.40. The summed E-state index contributed by atoms with van der Waals surface area (Å²) in [6.07, 6.45) is -0.123. The van der Waals surface area contributed by atoms with Crippen molar-refractivity contribution in [1.29, 1.82) is 0 Å². The van der Waals surface area contributed by atoms with Gasteiger partial charge in [-0.2, -0.15) is 0 Å². The van der Waals surface area contributed by atoms with E-state index >= 15 is 0 Å². The first-order valence-electron chi connectivity index (χ1n) is 7.04. The van der Waals surface area contributed by atoms with E-state index in [0.29, 0.717) is 28.9 Å². The molecule has 2 nitrogen and oxygen atoms in total. The van der Waals surface area contributed by atoms with E-state index in [-0.39, 0.29) is 11.9 Å². The second-order valence-corrected chi connectivity index (χ2v) is 5.98. The van der Waals surface area contributed by atoms with Crippen LogP contribution in [-0.4, -0.2) is 6.54 Å².